The highest BCUT2D eigenvalue weighted by Crippen LogP contribution is 2.39. The van der Waals surface area contributed by atoms with E-state index in [9.17, 15) is 4.79 Å². The molecule has 2 aliphatic carbocycles. The molecule has 1 N–H and O–H groups in total. The largest absolute Gasteiger partial charge is 0.351 e. The van der Waals surface area contributed by atoms with Crippen molar-refractivity contribution in [1.29, 1.82) is 0 Å². The molecule has 6 nitrogen and oxygen atoms in total. The summed E-state index contributed by atoms with van der Waals surface area (Å²) in [5, 5.41) is 7.47. The Morgan fingerprint density at radius 2 is 1.96 bits per heavy atom. The monoisotopic (exact) mass is 366 g/mol. The van der Waals surface area contributed by atoms with Crippen molar-refractivity contribution in [2.45, 2.75) is 57.0 Å². The lowest BCUT2D eigenvalue weighted by molar-refractivity contribution is -0.123. The molecule has 27 heavy (non-hydrogen) atoms. The fourth-order valence-corrected chi connectivity index (χ4v) is 3.99. The van der Waals surface area contributed by atoms with Crippen molar-refractivity contribution in [3.63, 3.8) is 0 Å². The first-order chi connectivity index (χ1) is 13.2. The third kappa shape index (κ3) is 3.76. The topological polar surface area (TPSA) is 71.3 Å². The Hall–Kier alpha value is -2.21. The van der Waals surface area contributed by atoms with Crippen LogP contribution in [0.4, 0.5) is 0 Å². The zero-order valence-corrected chi connectivity index (χ0v) is 15.7. The van der Waals surface area contributed by atoms with Gasteiger partial charge in [0, 0.05) is 36.9 Å². The first kappa shape index (κ1) is 16.9. The van der Waals surface area contributed by atoms with Crippen LogP contribution in [-0.2, 0) is 11.3 Å². The van der Waals surface area contributed by atoms with Gasteiger partial charge >= 0.3 is 0 Å². The van der Waals surface area contributed by atoms with E-state index in [1.807, 2.05) is 0 Å². The summed E-state index contributed by atoms with van der Waals surface area (Å²) in [6.45, 7) is 4.50. The van der Waals surface area contributed by atoms with Crippen LogP contribution in [0.25, 0.3) is 0 Å². The smallest absolute Gasteiger partial charge is 0.229 e. The van der Waals surface area contributed by atoms with Crippen LogP contribution in [0.1, 0.15) is 60.4 Å². The maximum Gasteiger partial charge on any atom is 0.229 e. The molecule has 1 aliphatic heterocycles. The van der Waals surface area contributed by atoms with Gasteiger partial charge in [0.05, 0.1) is 6.54 Å². The number of hydrogen-bond acceptors (Lipinski definition) is 5. The van der Waals surface area contributed by atoms with Gasteiger partial charge < -0.3 is 9.84 Å². The van der Waals surface area contributed by atoms with E-state index >= 15 is 0 Å². The first-order valence-electron chi connectivity index (χ1n) is 10.1. The van der Waals surface area contributed by atoms with Gasteiger partial charge in [0.1, 0.15) is 0 Å². The molecule has 2 saturated carbocycles. The molecule has 0 spiro atoms. The highest BCUT2D eigenvalue weighted by molar-refractivity contribution is 5.81. The molecule has 3 fully saturated rings. The van der Waals surface area contributed by atoms with Crippen LogP contribution < -0.4 is 5.32 Å². The number of carbonyl (C=O) groups is 1. The summed E-state index contributed by atoms with van der Waals surface area (Å²) >= 11 is 0. The molecule has 2 atom stereocenters. The number of benzene rings is 1. The fraction of sp³-hybridized carbons (Fsp3) is 0.571. The van der Waals surface area contributed by atoms with E-state index in [1.165, 1.54) is 11.1 Å². The van der Waals surface area contributed by atoms with E-state index in [2.05, 4.69) is 51.5 Å². The molecule has 0 bridgehead atoms. The Morgan fingerprint density at radius 3 is 2.67 bits per heavy atom. The number of amides is 1. The molecule has 1 aromatic heterocycles. The van der Waals surface area contributed by atoms with Crippen LogP contribution in [-0.4, -0.2) is 40.1 Å². The van der Waals surface area contributed by atoms with E-state index in [4.69, 9.17) is 4.52 Å². The van der Waals surface area contributed by atoms with Gasteiger partial charge in [-0.3, -0.25) is 9.69 Å². The molecule has 6 heteroatoms. The number of rotatable bonds is 6. The van der Waals surface area contributed by atoms with Gasteiger partial charge in [-0.05, 0) is 38.2 Å². The maximum absolute atomic E-state index is 12.4. The molecule has 142 valence electrons. The van der Waals surface area contributed by atoms with E-state index in [1.54, 1.807) is 0 Å². The van der Waals surface area contributed by atoms with E-state index < -0.39 is 0 Å². The van der Waals surface area contributed by atoms with Crippen molar-refractivity contribution >= 4 is 5.91 Å². The van der Waals surface area contributed by atoms with Gasteiger partial charge in [0.25, 0.3) is 0 Å². The highest BCUT2D eigenvalue weighted by Gasteiger charge is 2.38. The van der Waals surface area contributed by atoms with Crippen molar-refractivity contribution in [3.05, 3.63) is 47.1 Å². The van der Waals surface area contributed by atoms with Gasteiger partial charge in [-0.15, -0.1) is 0 Å². The van der Waals surface area contributed by atoms with E-state index in [0.29, 0.717) is 18.4 Å². The zero-order chi connectivity index (χ0) is 18.4. The minimum absolute atomic E-state index is 0.135. The standard InChI is InChI=1S/C21H26N4O2/c1-13-2-4-14(5-3-13)17-10-25(11-18(17)22-20(26)15-6-7-15)12-19-23-21(27-24-19)16-8-9-16/h2-5,15-18H,6-12H2,1H3,(H,22,26)/t17-,18+/m0/s1. The Labute approximate surface area is 159 Å². The van der Waals surface area contributed by atoms with E-state index in [0.717, 1.165) is 50.5 Å². The molecule has 0 radical (unpaired) electrons. The Balaban J connectivity index is 1.30. The second kappa shape index (κ2) is 6.75. The number of likely N-dealkylation sites (tertiary alicyclic amines) is 1. The number of aryl methyl sites for hydroxylation is 1. The van der Waals surface area contributed by atoms with Crippen LogP contribution in [0, 0.1) is 12.8 Å². The highest BCUT2D eigenvalue weighted by atomic mass is 16.5. The molecular formula is C21H26N4O2. The van der Waals surface area contributed by atoms with Crippen LogP contribution in [0.3, 0.4) is 0 Å². The Morgan fingerprint density at radius 1 is 1.19 bits per heavy atom. The summed E-state index contributed by atoms with van der Waals surface area (Å²) < 4.78 is 5.40. The van der Waals surface area contributed by atoms with Crippen LogP contribution >= 0.6 is 0 Å². The quantitative estimate of drug-likeness (QED) is 0.851. The van der Waals surface area contributed by atoms with Crippen LogP contribution in [0.5, 0.6) is 0 Å². The molecule has 2 heterocycles. The lowest BCUT2D eigenvalue weighted by Gasteiger charge is -2.20. The van der Waals surface area contributed by atoms with Gasteiger partial charge in [0.15, 0.2) is 5.82 Å². The minimum atomic E-state index is 0.135. The maximum atomic E-state index is 12.4. The predicted octanol–water partition coefficient (Wildman–Crippen LogP) is 2.75. The average molecular weight is 366 g/mol. The van der Waals surface area contributed by atoms with Gasteiger partial charge in [0.2, 0.25) is 11.8 Å². The SMILES string of the molecule is Cc1ccc([C@@H]2CN(Cc3noc(C4CC4)n3)C[C@H]2NC(=O)C2CC2)cc1. The lowest BCUT2D eigenvalue weighted by Crippen LogP contribution is -2.40. The number of nitrogens with zero attached hydrogens (tertiary/aromatic N) is 3. The molecule has 1 amide bonds. The van der Waals surface area contributed by atoms with Crippen LogP contribution in [0.15, 0.2) is 28.8 Å². The third-order valence-corrected chi connectivity index (χ3v) is 5.95. The van der Waals surface area contributed by atoms with Crippen molar-refractivity contribution < 1.29 is 9.32 Å². The summed E-state index contributed by atoms with van der Waals surface area (Å²) in [6, 6.07) is 8.83. The molecule has 0 unspecified atom stereocenters. The fourth-order valence-electron chi connectivity index (χ4n) is 3.99. The number of hydrogen-bond donors (Lipinski definition) is 1. The summed E-state index contributed by atoms with van der Waals surface area (Å²) in [5.41, 5.74) is 2.54. The lowest BCUT2D eigenvalue weighted by atomic mass is 9.93. The Bertz CT molecular complexity index is 823. The first-order valence-corrected chi connectivity index (χ1v) is 10.1. The number of carbonyl (C=O) groups excluding carboxylic acids is 1. The molecule has 2 aromatic rings. The minimum Gasteiger partial charge on any atom is -0.351 e. The molecular weight excluding hydrogens is 340 g/mol. The summed E-state index contributed by atoms with van der Waals surface area (Å²) in [7, 11) is 0. The second-order valence-corrected chi connectivity index (χ2v) is 8.42. The molecule has 5 rings (SSSR count). The zero-order valence-electron chi connectivity index (χ0n) is 15.7. The third-order valence-electron chi connectivity index (χ3n) is 5.95. The predicted molar refractivity (Wildman–Crippen MR) is 100 cm³/mol. The number of nitrogens with one attached hydrogen (secondary N) is 1. The summed E-state index contributed by atoms with van der Waals surface area (Å²) in [5.74, 6) is 2.77. The number of aromatic nitrogens is 2. The van der Waals surface area contributed by atoms with Crippen molar-refractivity contribution in [1.82, 2.24) is 20.4 Å². The normalized spacial score (nSPS) is 25.7. The van der Waals surface area contributed by atoms with Gasteiger partial charge in [-0.1, -0.05) is 35.0 Å². The van der Waals surface area contributed by atoms with Crippen molar-refractivity contribution in [2.24, 2.45) is 5.92 Å². The summed E-state index contributed by atoms with van der Waals surface area (Å²) in [4.78, 5) is 19.3. The Kier molecular flexibility index (Phi) is 4.23. The van der Waals surface area contributed by atoms with E-state index in [-0.39, 0.29) is 17.9 Å². The average Bonchev–Trinajstić information content (AvgIpc) is 3.59. The van der Waals surface area contributed by atoms with Crippen molar-refractivity contribution in [2.75, 3.05) is 13.1 Å². The summed E-state index contributed by atoms with van der Waals surface area (Å²) in [6.07, 6.45) is 4.39. The van der Waals surface area contributed by atoms with Gasteiger partial charge in [-0.25, -0.2) is 0 Å². The van der Waals surface area contributed by atoms with Crippen molar-refractivity contribution in [3.8, 4) is 0 Å². The van der Waals surface area contributed by atoms with Crippen LogP contribution in [0.2, 0.25) is 0 Å². The van der Waals surface area contributed by atoms with Gasteiger partial charge in [-0.2, -0.15) is 4.98 Å². The molecule has 1 aromatic carbocycles. The molecule has 3 aliphatic rings. The second-order valence-electron chi connectivity index (χ2n) is 8.42. The molecule has 1 saturated heterocycles.